The fraction of sp³-hybridized carbons (Fsp3) is 0.200. The average molecular weight is 321 g/mol. The van der Waals surface area contributed by atoms with E-state index < -0.39 is 0 Å². The van der Waals surface area contributed by atoms with E-state index in [2.05, 4.69) is 12.1 Å². The Hall–Kier alpha value is -2.19. The van der Waals surface area contributed by atoms with Gasteiger partial charge in [-0.25, -0.2) is 0 Å². The minimum absolute atomic E-state index is 0.725. The largest absolute Gasteiger partial charge is 0.255 e. The highest BCUT2D eigenvalue weighted by molar-refractivity contribution is 6.33. The van der Waals surface area contributed by atoms with Gasteiger partial charge in [-0.1, -0.05) is 48.0 Å². The molecule has 0 unspecified atom stereocenters. The average Bonchev–Trinajstić information content (AvgIpc) is 2.60. The maximum Gasteiger partial charge on any atom is 0.0774 e. The molecule has 0 aliphatic heterocycles. The van der Waals surface area contributed by atoms with E-state index >= 15 is 0 Å². The molecule has 3 aromatic rings. The zero-order valence-electron chi connectivity index (χ0n) is 12.8. The zero-order chi connectivity index (χ0) is 15.6. The number of hydrogen-bond donors (Lipinski definition) is 0. The van der Waals surface area contributed by atoms with E-state index in [1.807, 2.05) is 42.6 Å². The third-order valence-electron chi connectivity index (χ3n) is 4.38. The van der Waals surface area contributed by atoms with Gasteiger partial charge in [-0.15, -0.1) is 0 Å². The number of hydrogen-bond acceptors (Lipinski definition) is 2. The molecule has 0 saturated carbocycles. The van der Waals surface area contributed by atoms with Crippen LogP contribution in [0.25, 0.3) is 10.9 Å². The highest BCUT2D eigenvalue weighted by atomic mass is 35.5. The van der Waals surface area contributed by atoms with E-state index in [9.17, 15) is 0 Å². The topological polar surface area (TPSA) is 25.2 Å². The van der Waals surface area contributed by atoms with Gasteiger partial charge in [0.05, 0.1) is 11.2 Å². The predicted molar refractivity (Wildman–Crippen MR) is 97.1 cm³/mol. The molecule has 0 bridgehead atoms. The molecule has 0 saturated heterocycles. The normalized spacial score (nSPS) is 14.3. The lowest BCUT2D eigenvalue weighted by molar-refractivity contribution is 0.672. The standard InChI is InChI=1S/C20H17ClN2/c21-17-10-4-1-7-14(17)13-22-20-15-8-2-5-11-18(15)23-19-12-6-3-9-16(19)20/h1-2,4-5,7-8,10-11,13H,3,6,9,12H2. The number of para-hydroxylation sites is 1. The van der Waals surface area contributed by atoms with E-state index in [0.29, 0.717) is 0 Å². The van der Waals surface area contributed by atoms with Crippen LogP contribution < -0.4 is 0 Å². The van der Waals surface area contributed by atoms with E-state index in [0.717, 1.165) is 40.0 Å². The minimum Gasteiger partial charge on any atom is -0.255 e. The Morgan fingerprint density at radius 1 is 0.957 bits per heavy atom. The molecule has 0 radical (unpaired) electrons. The van der Waals surface area contributed by atoms with Crippen molar-refractivity contribution in [3.05, 3.63) is 70.4 Å². The Bertz CT molecular complexity index is 899. The Kier molecular flexibility index (Phi) is 3.84. The van der Waals surface area contributed by atoms with Gasteiger partial charge in [0.2, 0.25) is 0 Å². The predicted octanol–water partition coefficient (Wildman–Crippen LogP) is 5.52. The lowest BCUT2D eigenvalue weighted by atomic mass is 9.93. The summed E-state index contributed by atoms with van der Waals surface area (Å²) in [5.41, 5.74) is 5.55. The Morgan fingerprint density at radius 3 is 2.65 bits per heavy atom. The molecule has 1 aromatic heterocycles. The fourth-order valence-electron chi connectivity index (χ4n) is 3.21. The van der Waals surface area contributed by atoms with Gasteiger partial charge in [-0.3, -0.25) is 9.98 Å². The molecule has 4 rings (SSSR count). The number of halogens is 1. The first-order valence-corrected chi connectivity index (χ1v) is 8.40. The van der Waals surface area contributed by atoms with E-state index in [1.54, 1.807) is 0 Å². The molecular weight excluding hydrogens is 304 g/mol. The molecule has 0 fully saturated rings. The number of aryl methyl sites for hydroxylation is 1. The van der Waals surface area contributed by atoms with Gasteiger partial charge in [0.25, 0.3) is 0 Å². The van der Waals surface area contributed by atoms with Gasteiger partial charge < -0.3 is 0 Å². The van der Waals surface area contributed by atoms with Crippen molar-refractivity contribution in [2.24, 2.45) is 4.99 Å². The molecule has 0 N–H and O–H groups in total. The number of aromatic nitrogens is 1. The van der Waals surface area contributed by atoms with Crippen molar-refractivity contribution < 1.29 is 0 Å². The molecule has 0 spiro atoms. The molecular formula is C20H17ClN2. The number of rotatable bonds is 2. The first-order chi connectivity index (χ1) is 11.3. The summed E-state index contributed by atoms with van der Waals surface area (Å²) in [6.45, 7) is 0. The second-order valence-corrected chi connectivity index (χ2v) is 6.30. The van der Waals surface area contributed by atoms with Crippen LogP contribution in [0.2, 0.25) is 5.02 Å². The number of aliphatic imine (C=N–C) groups is 1. The van der Waals surface area contributed by atoms with Gasteiger partial charge in [-0.2, -0.15) is 0 Å². The quantitative estimate of drug-likeness (QED) is 0.571. The summed E-state index contributed by atoms with van der Waals surface area (Å²) in [5.74, 6) is 0. The first kappa shape index (κ1) is 14.4. The Labute approximate surface area is 140 Å². The highest BCUT2D eigenvalue weighted by Gasteiger charge is 2.17. The second-order valence-electron chi connectivity index (χ2n) is 5.89. The van der Waals surface area contributed by atoms with Crippen LogP contribution >= 0.6 is 11.6 Å². The summed E-state index contributed by atoms with van der Waals surface area (Å²) >= 11 is 6.25. The molecule has 2 aromatic carbocycles. The molecule has 1 aliphatic carbocycles. The second kappa shape index (κ2) is 6.13. The number of pyridine rings is 1. The Morgan fingerprint density at radius 2 is 1.74 bits per heavy atom. The highest BCUT2D eigenvalue weighted by Crippen LogP contribution is 2.35. The summed E-state index contributed by atoms with van der Waals surface area (Å²) < 4.78 is 0. The molecule has 2 nitrogen and oxygen atoms in total. The smallest absolute Gasteiger partial charge is 0.0774 e. The lowest BCUT2D eigenvalue weighted by Gasteiger charge is -2.18. The van der Waals surface area contributed by atoms with Gasteiger partial charge in [0.1, 0.15) is 0 Å². The molecule has 0 atom stereocenters. The first-order valence-electron chi connectivity index (χ1n) is 8.02. The molecule has 114 valence electrons. The van der Waals surface area contributed by atoms with Gasteiger partial charge in [0.15, 0.2) is 0 Å². The fourth-order valence-corrected chi connectivity index (χ4v) is 3.39. The van der Waals surface area contributed by atoms with Crippen LogP contribution in [-0.4, -0.2) is 11.2 Å². The van der Waals surface area contributed by atoms with Gasteiger partial charge >= 0.3 is 0 Å². The van der Waals surface area contributed by atoms with Gasteiger partial charge in [-0.05, 0) is 43.4 Å². The van der Waals surface area contributed by atoms with Crippen molar-refractivity contribution >= 4 is 34.4 Å². The van der Waals surface area contributed by atoms with Crippen LogP contribution in [0.1, 0.15) is 29.7 Å². The van der Waals surface area contributed by atoms with E-state index in [4.69, 9.17) is 21.6 Å². The molecule has 0 amide bonds. The molecule has 1 aliphatic rings. The minimum atomic E-state index is 0.725. The van der Waals surface area contributed by atoms with Crippen LogP contribution in [0.5, 0.6) is 0 Å². The summed E-state index contributed by atoms with van der Waals surface area (Å²) in [5, 5.41) is 1.85. The third-order valence-corrected chi connectivity index (χ3v) is 4.72. The van der Waals surface area contributed by atoms with Crippen LogP contribution in [0.3, 0.4) is 0 Å². The summed E-state index contributed by atoms with van der Waals surface area (Å²) in [6, 6.07) is 16.1. The van der Waals surface area contributed by atoms with Crippen molar-refractivity contribution in [1.29, 1.82) is 0 Å². The van der Waals surface area contributed by atoms with Gasteiger partial charge in [0, 0.05) is 27.9 Å². The maximum absolute atomic E-state index is 6.25. The van der Waals surface area contributed by atoms with E-state index in [-0.39, 0.29) is 0 Å². The monoisotopic (exact) mass is 320 g/mol. The van der Waals surface area contributed by atoms with Crippen LogP contribution in [-0.2, 0) is 12.8 Å². The summed E-state index contributed by atoms with van der Waals surface area (Å²) in [6.07, 6.45) is 6.41. The van der Waals surface area contributed by atoms with Crippen molar-refractivity contribution in [2.75, 3.05) is 0 Å². The maximum atomic E-state index is 6.25. The lowest BCUT2D eigenvalue weighted by Crippen LogP contribution is -2.06. The third kappa shape index (κ3) is 2.75. The SMILES string of the molecule is Clc1ccccc1C=Nc1c2c(nc3ccccc13)CCCC2. The summed E-state index contributed by atoms with van der Waals surface area (Å²) in [7, 11) is 0. The number of nitrogens with zero attached hydrogens (tertiary/aromatic N) is 2. The van der Waals surface area contributed by atoms with Crippen molar-refractivity contribution in [2.45, 2.75) is 25.7 Å². The van der Waals surface area contributed by atoms with Crippen LogP contribution in [0.4, 0.5) is 5.69 Å². The van der Waals surface area contributed by atoms with E-state index in [1.165, 1.54) is 24.1 Å². The molecule has 3 heteroatoms. The number of benzene rings is 2. The molecule has 23 heavy (non-hydrogen) atoms. The number of fused-ring (bicyclic) bond motifs is 2. The zero-order valence-corrected chi connectivity index (χ0v) is 13.6. The Balaban J connectivity index is 1.89. The van der Waals surface area contributed by atoms with Crippen LogP contribution in [0, 0.1) is 0 Å². The van der Waals surface area contributed by atoms with Crippen molar-refractivity contribution in [1.82, 2.24) is 4.98 Å². The molecule has 1 heterocycles. The van der Waals surface area contributed by atoms with Crippen LogP contribution in [0.15, 0.2) is 53.5 Å². The summed E-state index contributed by atoms with van der Waals surface area (Å²) in [4.78, 5) is 9.68. The van der Waals surface area contributed by atoms with Crippen molar-refractivity contribution in [3.63, 3.8) is 0 Å². The van der Waals surface area contributed by atoms with Crippen molar-refractivity contribution in [3.8, 4) is 0 Å².